The van der Waals surface area contributed by atoms with Crippen LogP contribution in [0.25, 0.3) is 10.3 Å². The second kappa shape index (κ2) is 4.93. The van der Waals surface area contributed by atoms with Crippen LogP contribution in [0.1, 0.15) is 22.3 Å². The summed E-state index contributed by atoms with van der Waals surface area (Å²) in [6.07, 6.45) is -4.69. The molecular weight excluding hydrogens is 305 g/mol. The van der Waals surface area contributed by atoms with Crippen LogP contribution in [0, 0.1) is 0 Å². The molecule has 0 N–H and O–H groups in total. The van der Waals surface area contributed by atoms with E-state index in [0.29, 0.717) is 0 Å². The van der Waals surface area contributed by atoms with Crippen molar-refractivity contribution in [2.24, 2.45) is 0 Å². The number of halogens is 4. The van der Waals surface area contributed by atoms with E-state index in [1.807, 2.05) is 0 Å². The molecule has 0 aromatic carbocycles. The third-order valence-electron chi connectivity index (χ3n) is 2.07. The van der Waals surface area contributed by atoms with Crippen molar-refractivity contribution in [1.29, 1.82) is 0 Å². The molecule has 0 radical (unpaired) electrons. The predicted octanol–water partition coefficient (Wildman–Crippen LogP) is 3.54. The van der Waals surface area contributed by atoms with Crippen LogP contribution in [-0.4, -0.2) is 22.5 Å². The molecule has 9 heteroatoms. The van der Waals surface area contributed by atoms with E-state index >= 15 is 0 Å². The van der Waals surface area contributed by atoms with Crippen LogP contribution in [0.3, 0.4) is 0 Å². The molecule has 0 atom stereocenters. The van der Waals surface area contributed by atoms with Crippen molar-refractivity contribution in [3.8, 4) is 0 Å². The largest absolute Gasteiger partial charge is 0.462 e. The maximum Gasteiger partial charge on any atom is 0.436 e. The molecule has 0 saturated carbocycles. The first-order valence-corrected chi connectivity index (χ1v) is 6.23. The highest BCUT2D eigenvalue weighted by molar-refractivity contribution is 7.20. The topological polar surface area (TPSA) is 52.1 Å². The van der Waals surface area contributed by atoms with Crippen molar-refractivity contribution in [1.82, 2.24) is 9.97 Å². The van der Waals surface area contributed by atoms with E-state index in [1.165, 1.54) is 6.07 Å². The van der Waals surface area contributed by atoms with Crippen LogP contribution in [0.15, 0.2) is 6.07 Å². The number of rotatable bonds is 2. The van der Waals surface area contributed by atoms with Crippen LogP contribution in [0.5, 0.6) is 0 Å². The number of hydrogen-bond donors (Lipinski definition) is 0. The van der Waals surface area contributed by atoms with Gasteiger partial charge in [-0.15, -0.1) is 11.3 Å². The average molecular weight is 311 g/mol. The fourth-order valence-corrected chi connectivity index (χ4v) is 2.43. The fourth-order valence-electron chi connectivity index (χ4n) is 1.32. The highest BCUT2D eigenvalue weighted by Crippen LogP contribution is 2.35. The molecule has 0 spiro atoms. The minimum Gasteiger partial charge on any atom is -0.462 e. The normalized spacial score (nSPS) is 11.8. The van der Waals surface area contributed by atoms with Gasteiger partial charge in [0.05, 0.1) is 6.61 Å². The first kappa shape index (κ1) is 14.0. The molecule has 2 rings (SSSR count). The molecule has 2 aromatic rings. The van der Waals surface area contributed by atoms with E-state index in [4.69, 9.17) is 16.3 Å². The van der Waals surface area contributed by atoms with Crippen molar-refractivity contribution in [2.45, 2.75) is 13.1 Å². The molecule has 19 heavy (non-hydrogen) atoms. The van der Waals surface area contributed by atoms with Gasteiger partial charge in [-0.1, -0.05) is 11.6 Å². The molecule has 0 aliphatic heterocycles. The van der Waals surface area contributed by atoms with Crippen LogP contribution >= 0.6 is 22.9 Å². The molecular formula is C10H6ClF3N2O2S. The van der Waals surface area contributed by atoms with Crippen molar-refractivity contribution in [2.75, 3.05) is 6.61 Å². The zero-order chi connectivity index (χ0) is 14.2. The Balaban J connectivity index is 2.52. The second-order valence-corrected chi connectivity index (χ2v) is 4.77. The SMILES string of the molecule is CCOC(=O)c1cc2nc(Cl)c(C(F)(F)F)nc2s1. The predicted molar refractivity (Wildman–Crippen MR) is 63.4 cm³/mol. The maximum absolute atomic E-state index is 12.6. The number of fused-ring (bicyclic) bond motifs is 1. The molecule has 0 aliphatic rings. The fraction of sp³-hybridized carbons (Fsp3) is 0.300. The summed E-state index contributed by atoms with van der Waals surface area (Å²) in [4.78, 5) is 18.6. The quantitative estimate of drug-likeness (QED) is 0.796. The number of nitrogens with zero attached hydrogens (tertiary/aromatic N) is 2. The average Bonchev–Trinajstić information content (AvgIpc) is 2.69. The van der Waals surface area contributed by atoms with E-state index in [2.05, 4.69) is 9.97 Å². The lowest BCUT2D eigenvalue weighted by atomic mass is 10.4. The minimum atomic E-state index is -4.69. The first-order valence-electron chi connectivity index (χ1n) is 5.04. The van der Waals surface area contributed by atoms with E-state index < -0.39 is 23.0 Å². The van der Waals surface area contributed by atoms with Crippen LogP contribution in [0.4, 0.5) is 13.2 Å². The molecule has 0 unspecified atom stereocenters. The third-order valence-corrected chi connectivity index (χ3v) is 3.33. The Morgan fingerprint density at radius 3 is 2.74 bits per heavy atom. The summed E-state index contributed by atoms with van der Waals surface area (Å²) in [5, 5.41) is -0.742. The van der Waals surface area contributed by atoms with Crippen molar-refractivity contribution in [3.05, 3.63) is 21.8 Å². The van der Waals surface area contributed by atoms with Crippen molar-refractivity contribution >= 4 is 39.3 Å². The summed E-state index contributed by atoms with van der Waals surface area (Å²) in [5.74, 6) is -0.628. The molecule has 0 aliphatic carbocycles. The lowest BCUT2D eigenvalue weighted by Crippen LogP contribution is -2.09. The molecule has 0 bridgehead atoms. The summed E-state index contributed by atoms with van der Waals surface area (Å²) in [7, 11) is 0. The Bertz CT molecular complexity index is 641. The van der Waals surface area contributed by atoms with Gasteiger partial charge in [-0.25, -0.2) is 14.8 Å². The van der Waals surface area contributed by atoms with Gasteiger partial charge in [0.15, 0.2) is 10.8 Å². The Kier molecular flexibility index (Phi) is 3.64. The smallest absolute Gasteiger partial charge is 0.436 e. The highest BCUT2D eigenvalue weighted by atomic mass is 35.5. The number of alkyl halides is 3. The standard InChI is InChI=1S/C10H6ClF3N2O2S/c1-2-18-9(17)5-3-4-8(19-5)16-6(7(11)15-4)10(12,13)14/h3H,2H2,1H3. The van der Waals surface area contributed by atoms with Crippen molar-refractivity contribution in [3.63, 3.8) is 0 Å². The lowest BCUT2D eigenvalue weighted by molar-refractivity contribution is -0.141. The van der Waals surface area contributed by atoms with Gasteiger partial charge in [0, 0.05) is 0 Å². The monoisotopic (exact) mass is 310 g/mol. The Morgan fingerprint density at radius 1 is 1.47 bits per heavy atom. The number of aromatic nitrogens is 2. The van der Waals surface area contributed by atoms with Crippen LogP contribution in [0.2, 0.25) is 5.15 Å². The summed E-state index contributed by atoms with van der Waals surface area (Å²) in [6.45, 7) is 1.79. The van der Waals surface area contributed by atoms with E-state index in [1.54, 1.807) is 6.92 Å². The van der Waals surface area contributed by atoms with E-state index in [-0.39, 0.29) is 21.8 Å². The molecule has 102 valence electrons. The van der Waals surface area contributed by atoms with E-state index in [0.717, 1.165) is 11.3 Å². The third kappa shape index (κ3) is 2.79. The molecule has 0 amide bonds. The summed E-state index contributed by atoms with van der Waals surface area (Å²) < 4.78 is 42.5. The first-order chi connectivity index (χ1) is 8.82. The Labute approximate surface area is 114 Å². The maximum atomic E-state index is 12.6. The van der Waals surface area contributed by atoms with Gasteiger partial charge in [-0.3, -0.25) is 0 Å². The van der Waals surface area contributed by atoms with Gasteiger partial charge < -0.3 is 4.74 Å². The van der Waals surface area contributed by atoms with Gasteiger partial charge in [0.25, 0.3) is 0 Å². The molecule has 4 nitrogen and oxygen atoms in total. The zero-order valence-corrected chi connectivity index (χ0v) is 11.0. The molecule has 0 fully saturated rings. The van der Waals surface area contributed by atoms with Gasteiger partial charge >= 0.3 is 12.1 Å². The van der Waals surface area contributed by atoms with Gasteiger partial charge in [-0.05, 0) is 13.0 Å². The van der Waals surface area contributed by atoms with E-state index in [9.17, 15) is 18.0 Å². The lowest BCUT2D eigenvalue weighted by Gasteiger charge is -2.06. The van der Waals surface area contributed by atoms with Gasteiger partial charge in [0.1, 0.15) is 15.2 Å². The number of esters is 1. The van der Waals surface area contributed by atoms with Crippen LogP contribution in [-0.2, 0) is 10.9 Å². The number of hydrogen-bond acceptors (Lipinski definition) is 5. The summed E-state index contributed by atoms with van der Waals surface area (Å²) >= 11 is 6.21. The minimum absolute atomic E-state index is 0.0141. The zero-order valence-electron chi connectivity index (χ0n) is 9.42. The summed E-state index contributed by atoms with van der Waals surface area (Å²) in [5.41, 5.74) is -1.13. The number of carbonyl (C=O) groups is 1. The van der Waals surface area contributed by atoms with Gasteiger partial charge in [-0.2, -0.15) is 13.2 Å². The number of ether oxygens (including phenoxy) is 1. The second-order valence-electron chi connectivity index (χ2n) is 3.38. The summed E-state index contributed by atoms with van der Waals surface area (Å²) in [6, 6.07) is 1.30. The highest BCUT2D eigenvalue weighted by Gasteiger charge is 2.36. The number of carbonyl (C=O) groups excluding carboxylic acids is 1. The molecule has 2 heterocycles. The molecule has 0 saturated heterocycles. The molecule has 2 aromatic heterocycles. The number of thiophene rings is 1. The van der Waals surface area contributed by atoms with Gasteiger partial charge in [0.2, 0.25) is 0 Å². The van der Waals surface area contributed by atoms with Crippen LogP contribution < -0.4 is 0 Å². The Morgan fingerprint density at radius 2 is 2.16 bits per heavy atom. The van der Waals surface area contributed by atoms with Crippen molar-refractivity contribution < 1.29 is 22.7 Å². The Hall–Kier alpha value is -1.41.